The van der Waals surface area contributed by atoms with Crippen molar-refractivity contribution in [1.29, 1.82) is 0 Å². The number of aliphatic hydroxyl groups excluding tert-OH is 2. The van der Waals surface area contributed by atoms with Crippen molar-refractivity contribution in [2.45, 2.75) is 225 Å². The highest BCUT2D eigenvalue weighted by Gasteiger charge is 2.27. The number of allylic oxidation sites excluding steroid dienone is 2. The third kappa shape index (κ3) is 39.0. The van der Waals surface area contributed by atoms with Crippen LogP contribution in [0.2, 0.25) is 0 Å². The SMILES string of the molecule is CCCCCC/C=C/CCCCCCCCCCCC(=O)OC[C@H](COP(=O)(O)OC[C@@H](O)CO)OC(=O)CCCCCCCCCCCCCCCC. The Morgan fingerprint density at radius 2 is 0.907 bits per heavy atom. The molecule has 3 N–H and O–H groups in total. The van der Waals surface area contributed by atoms with Crippen molar-refractivity contribution >= 4 is 19.8 Å². The van der Waals surface area contributed by atoms with E-state index in [0.29, 0.717) is 12.8 Å². The first-order chi connectivity index (χ1) is 26.2. The van der Waals surface area contributed by atoms with E-state index in [4.69, 9.17) is 23.6 Å². The van der Waals surface area contributed by atoms with Gasteiger partial charge in [0.2, 0.25) is 0 Å². The Kier molecular flexibility index (Phi) is 39.0. The van der Waals surface area contributed by atoms with Crippen LogP contribution in [0.3, 0.4) is 0 Å². The lowest BCUT2D eigenvalue weighted by molar-refractivity contribution is -0.161. The zero-order valence-corrected chi connectivity index (χ0v) is 35.6. The summed E-state index contributed by atoms with van der Waals surface area (Å²) in [5, 5.41) is 18.3. The lowest BCUT2D eigenvalue weighted by atomic mass is 10.0. The minimum atomic E-state index is -4.61. The Hall–Kier alpha value is -1.29. The van der Waals surface area contributed by atoms with Crippen LogP contribution in [0.25, 0.3) is 0 Å². The number of phosphoric acid groups is 1. The summed E-state index contributed by atoms with van der Waals surface area (Å²) >= 11 is 0. The van der Waals surface area contributed by atoms with Gasteiger partial charge < -0.3 is 24.6 Å². The fraction of sp³-hybridized carbons (Fsp3) is 0.907. The highest BCUT2D eigenvalue weighted by atomic mass is 31.2. The molecule has 0 spiro atoms. The predicted octanol–water partition coefficient (Wildman–Crippen LogP) is 11.6. The summed E-state index contributed by atoms with van der Waals surface area (Å²) in [6.45, 7) is 2.39. The molecule has 10 nitrogen and oxygen atoms in total. The van der Waals surface area contributed by atoms with Gasteiger partial charge in [0.1, 0.15) is 12.7 Å². The molecule has 11 heteroatoms. The maximum atomic E-state index is 12.6. The highest BCUT2D eigenvalue weighted by molar-refractivity contribution is 7.47. The number of esters is 2. The van der Waals surface area contributed by atoms with E-state index < -0.39 is 51.8 Å². The van der Waals surface area contributed by atoms with Gasteiger partial charge in [-0.1, -0.05) is 174 Å². The number of aliphatic hydroxyl groups is 2. The van der Waals surface area contributed by atoms with Crippen LogP contribution in [0, 0.1) is 0 Å². The van der Waals surface area contributed by atoms with Gasteiger partial charge in [-0.05, 0) is 38.5 Å². The van der Waals surface area contributed by atoms with Crippen molar-refractivity contribution in [3.63, 3.8) is 0 Å². The minimum Gasteiger partial charge on any atom is -0.462 e. The van der Waals surface area contributed by atoms with E-state index >= 15 is 0 Å². The second kappa shape index (κ2) is 39.9. The zero-order valence-electron chi connectivity index (χ0n) is 34.7. The van der Waals surface area contributed by atoms with E-state index in [1.165, 1.54) is 135 Å². The largest absolute Gasteiger partial charge is 0.472 e. The fourth-order valence-electron chi connectivity index (χ4n) is 6.22. The van der Waals surface area contributed by atoms with Crippen molar-refractivity contribution < 1.29 is 47.8 Å². The Labute approximate surface area is 330 Å². The van der Waals surface area contributed by atoms with Crippen molar-refractivity contribution in [2.75, 3.05) is 26.4 Å². The molecular weight excluding hydrogens is 707 g/mol. The van der Waals surface area contributed by atoms with E-state index in [-0.39, 0.29) is 19.4 Å². The third-order valence-corrected chi connectivity index (χ3v) is 10.6. The van der Waals surface area contributed by atoms with Crippen LogP contribution in [0.5, 0.6) is 0 Å². The van der Waals surface area contributed by atoms with Crippen LogP contribution >= 0.6 is 7.82 Å². The molecule has 0 saturated heterocycles. The standard InChI is InChI=1S/C43H83O10P/c1-3-5-7-9-11-13-15-17-19-20-21-23-24-26-28-30-32-34-42(46)50-38-41(39-52-54(48,49)51-37-40(45)36-44)53-43(47)35-33-31-29-27-25-22-18-16-14-12-10-8-6-4-2/h13,15,40-41,44-45H,3-12,14,16-39H2,1-2H3,(H,48,49)/b15-13+/t40-,41+/m0/s1. The summed E-state index contributed by atoms with van der Waals surface area (Å²) in [6.07, 6.45) is 37.4. The number of phosphoric ester groups is 1. The molecule has 0 aliphatic carbocycles. The van der Waals surface area contributed by atoms with E-state index in [9.17, 15) is 24.2 Å². The van der Waals surface area contributed by atoms with E-state index in [0.717, 1.165) is 38.5 Å². The topological polar surface area (TPSA) is 149 Å². The summed E-state index contributed by atoms with van der Waals surface area (Å²) in [4.78, 5) is 35.0. The van der Waals surface area contributed by atoms with Gasteiger partial charge in [-0.15, -0.1) is 0 Å². The Balaban J connectivity index is 4.24. The molecule has 0 rings (SSSR count). The molecule has 0 aliphatic heterocycles. The summed E-state index contributed by atoms with van der Waals surface area (Å²) in [5.74, 6) is -0.916. The van der Waals surface area contributed by atoms with Crippen molar-refractivity contribution in [1.82, 2.24) is 0 Å². The second-order valence-electron chi connectivity index (χ2n) is 15.1. The summed E-state index contributed by atoms with van der Waals surface area (Å²) in [5.41, 5.74) is 0. The van der Waals surface area contributed by atoms with E-state index in [1.54, 1.807) is 0 Å². The molecule has 0 aromatic carbocycles. The highest BCUT2D eigenvalue weighted by Crippen LogP contribution is 2.43. The molecule has 54 heavy (non-hydrogen) atoms. The number of ether oxygens (including phenoxy) is 2. The van der Waals surface area contributed by atoms with Gasteiger partial charge in [0.05, 0.1) is 19.8 Å². The Bertz CT molecular complexity index is 915. The molecular formula is C43H83O10P. The quantitative estimate of drug-likeness (QED) is 0.0236. The van der Waals surface area contributed by atoms with E-state index in [2.05, 4.69) is 26.0 Å². The number of hydrogen-bond donors (Lipinski definition) is 3. The van der Waals surface area contributed by atoms with Crippen molar-refractivity contribution in [3.05, 3.63) is 12.2 Å². The first-order valence-corrected chi connectivity index (χ1v) is 23.6. The third-order valence-electron chi connectivity index (χ3n) is 9.67. The Morgan fingerprint density at radius 3 is 1.35 bits per heavy atom. The van der Waals surface area contributed by atoms with Crippen LogP contribution in [0.4, 0.5) is 0 Å². The average molecular weight is 791 g/mol. The Morgan fingerprint density at radius 1 is 0.537 bits per heavy atom. The zero-order chi connectivity index (χ0) is 39.8. The molecule has 320 valence electrons. The van der Waals surface area contributed by atoms with Crippen LogP contribution in [0.15, 0.2) is 12.2 Å². The molecule has 0 radical (unpaired) electrons. The molecule has 0 saturated carbocycles. The summed E-state index contributed by atoms with van der Waals surface area (Å²) < 4.78 is 32.7. The van der Waals surface area contributed by atoms with E-state index in [1.807, 2.05) is 0 Å². The maximum Gasteiger partial charge on any atom is 0.472 e. The van der Waals surface area contributed by atoms with Gasteiger partial charge in [0.15, 0.2) is 6.10 Å². The molecule has 0 aromatic rings. The van der Waals surface area contributed by atoms with Crippen LogP contribution in [-0.4, -0.2) is 65.7 Å². The van der Waals surface area contributed by atoms with Crippen molar-refractivity contribution in [3.8, 4) is 0 Å². The molecule has 0 aliphatic rings. The smallest absolute Gasteiger partial charge is 0.462 e. The van der Waals surface area contributed by atoms with Gasteiger partial charge in [0.25, 0.3) is 0 Å². The maximum absolute atomic E-state index is 12.6. The first-order valence-electron chi connectivity index (χ1n) is 22.1. The molecule has 3 atom stereocenters. The van der Waals surface area contributed by atoms with Gasteiger partial charge in [-0.25, -0.2) is 4.57 Å². The predicted molar refractivity (Wildman–Crippen MR) is 219 cm³/mol. The normalized spacial score (nSPS) is 13.9. The molecule has 0 heterocycles. The minimum absolute atomic E-state index is 0.190. The average Bonchev–Trinajstić information content (AvgIpc) is 3.16. The van der Waals surface area contributed by atoms with Gasteiger partial charge in [0, 0.05) is 12.8 Å². The number of carbonyl (C=O) groups excluding carboxylic acids is 2. The molecule has 1 unspecified atom stereocenters. The molecule has 0 bridgehead atoms. The summed E-state index contributed by atoms with van der Waals surface area (Å²) in [7, 11) is -4.61. The summed E-state index contributed by atoms with van der Waals surface area (Å²) in [6, 6.07) is 0. The molecule has 0 fully saturated rings. The van der Waals surface area contributed by atoms with Crippen LogP contribution in [-0.2, 0) is 32.7 Å². The number of hydrogen-bond acceptors (Lipinski definition) is 9. The van der Waals surface area contributed by atoms with Crippen LogP contribution < -0.4 is 0 Å². The van der Waals surface area contributed by atoms with Crippen LogP contribution in [0.1, 0.15) is 213 Å². The van der Waals surface area contributed by atoms with Gasteiger partial charge in [-0.2, -0.15) is 0 Å². The second-order valence-corrected chi connectivity index (χ2v) is 16.5. The lowest BCUT2D eigenvalue weighted by Gasteiger charge is -2.20. The number of carbonyl (C=O) groups is 2. The number of unbranched alkanes of at least 4 members (excludes halogenated alkanes) is 26. The monoisotopic (exact) mass is 791 g/mol. The lowest BCUT2D eigenvalue weighted by Crippen LogP contribution is -2.29. The first kappa shape index (κ1) is 52.7. The van der Waals surface area contributed by atoms with Gasteiger partial charge in [-0.3, -0.25) is 18.6 Å². The molecule has 0 amide bonds. The molecule has 0 aromatic heterocycles. The van der Waals surface area contributed by atoms with Crippen molar-refractivity contribution in [2.24, 2.45) is 0 Å². The van der Waals surface area contributed by atoms with Gasteiger partial charge >= 0.3 is 19.8 Å². The number of rotatable bonds is 42. The fourth-order valence-corrected chi connectivity index (χ4v) is 7.01.